The average molecular weight is 405 g/mol. The predicted octanol–water partition coefficient (Wildman–Crippen LogP) is 5.01. The van der Waals surface area contributed by atoms with Crippen molar-refractivity contribution < 1.29 is 9.18 Å². The monoisotopic (exact) mass is 404 g/mol. The van der Waals surface area contributed by atoms with Crippen LogP contribution < -0.4 is 0 Å². The van der Waals surface area contributed by atoms with E-state index in [2.05, 4.69) is 11.0 Å². The van der Waals surface area contributed by atoms with Crippen LogP contribution in [0.2, 0.25) is 0 Å². The largest absolute Gasteiger partial charge is 0.341 e. The van der Waals surface area contributed by atoms with Crippen LogP contribution in [0.3, 0.4) is 0 Å². The Bertz CT molecular complexity index is 1000. The first-order valence-electron chi connectivity index (χ1n) is 10.8. The highest BCUT2D eigenvalue weighted by Gasteiger charge is 2.23. The molecule has 1 atom stereocenters. The Hall–Kier alpha value is -2.72. The fourth-order valence-electron chi connectivity index (χ4n) is 4.45. The normalized spacial score (nSPS) is 17.2. The molecule has 1 fully saturated rings. The maximum absolute atomic E-state index is 13.1. The van der Waals surface area contributed by atoms with Crippen molar-refractivity contribution in [2.45, 2.75) is 19.3 Å². The Morgan fingerprint density at radius 2 is 1.83 bits per heavy atom. The lowest BCUT2D eigenvalue weighted by atomic mass is 9.96. The zero-order valence-electron chi connectivity index (χ0n) is 17.6. The van der Waals surface area contributed by atoms with Crippen LogP contribution in [0.5, 0.6) is 0 Å². The molecule has 3 nitrogen and oxygen atoms in total. The van der Waals surface area contributed by atoms with Gasteiger partial charge in [0.25, 0.3) is 5.91 Å². The van der Waals surface area contributed by atoms with Crippen molar-refractivity contribution in [1.82, 2.24) is 9.80 Å². The number of piperidine rings is 1. The number of hydrogen-bond donors (Lipinski definition) is 0. The standard InChI is InChI=1S/C26H29FN2O/c1-28(26(30)24-11-10-22-6-2-3-7-23(22)17-24)18-21-5-4-15-29(19-21)16-14-20-8-12-25(27)13-9-20/h2-3,6-13,17,21H,4-5,14-16,18-19H2,1H3. The summed E-state index contributed by atoms with van der Waals surface area (Å²) in [6.45, 7) is 3.86. The topological polar surface area (TPSA) is 23.6 Å². The van der Waals surface area contributed by atoms with Gasteiger partial charge in [-0.15, -0.1) is 0 Å². The van der Waals surface area contributed by atoms with Crippen LogP contribution >= 0.6 is 0 Å². The second-order valence-electron chi connectivity index (χ2n) is 8.43. The molecule has 0 saturated carbocycles. The van der Waals surface area contributed by atoms with Crippen LogP contribution in [0, 0.1) is 11.7 Å². The number of rotatable bonds is 6. The number of benzene rings is 3. The molecule has 1 aliphatic heterocycles. The van der Waals surface area contributed by atoms with Crippen molar-refractivity contribution in [3.05, 3.63) is 83.7 Å². The van der Waals surface area contributed by atoms with Gasteiger partial charge in [-0.3, -0.25) is 4.79 Å². The first-order chi connectivity index (χ1) is 14.6. The Morgan fingerprint density at radius 3 is 2.63 bits per heavy atom. The van der Waals surface area contributed by atoms with Crippen LogP contribution in [-0.4, -0.2) is 48.9 Å². The second kappa shape index (κ2) is 9.40. The third kappa shape index (κ3) is 5.06. The van der Waals surface area contributed by atoms with Gasteiger partial charge < -0.3 is 9.80 Å². The molecule has 0 radical (unpaired) electrons. The van der Waals surface area contributed by atoms with Crippen molar-refractivity contribution in [3.8, 4) is 0 Å². The van der Waals surface area contributed by atoms with E-state index in [9.17, 15) is 9.18 Å². The van der Waals surface area contributed by atoms with Crippen molar-refractivity contribution in [2.75, 3.05) is 33.2 Å². The first kappa shape index (κ1) is 20.5. The molecule has 3 aromatic rings. The second-order valence-corrected chi connectivity index (χ2v) is 8.43. The minimum Gasteiger partial charge on any atom is -0.341 e. The molecular formula is C26H29FN2O. The van der Waals surface area contributed by atoms with Gasteiger partial charge in [-0.05, 0) is 72.3 Å². The van der Waals surface area contributed by atoms with Gasteiger partial charge in [0, 0.05) is 32.2 Å². The Balaban J connectivity index is 1.32. The molecule has 4 heteroatoms. The van der Waals surface area contributed by atoms with E-state index in [0.717, 1.165) is 61.8 Å². The number of amides is 1. The van der Waals surface area contributed by atoms with Crippen LogP contribution in [0.4, 0.5) is 4.39 Å². The molecule has 0 bridgehead atoms. The molecule has 156 valence electrons. The van der Waals surface area contributed by atoms with E-state index in [1.807, 2.05) is 60.5 Å². The van der Waals surface area contributed by atoms with Gasteiger partial charge in [-0.2, -0.15) is 0 Å². The van der Waals surface area contributed by atoms with E-state index in [0.29, 0.717) is 5.92 Å². The Labute approximate surface area is 178 Å². The number of carbonyl (C=O) groups is 1. The highest BCUT2D eigenvalue weighted by Crippen LogP contribution is 2.20. The molecular weight excluding hydrogens is 375 g/mol. The number of likely N-dealkylation sites (tertiary alicyclic amines) is 1. The lowest BCUT2D eigenvalue weighted by Crippen LogP contribution is -2.42. The maximum Gasteiger partial charge on any atom is 0.253 e. The SMILES string of the molecule is CN(CC1CCCN(CCc2ccc(F)cc2)C1)C(=O)c1ccc2ccccc2c1. The van der Waals surface area contributed by atoms with Crippen LogP contribution in [0.1, 0.15) is 28.8 Å². The Morgan fingerprint density at radius 1 is 1.07 bits per heavy atom. The zero-order chi connectivity index (χ0) is 20.9. The number of hydrogen-bond acceptors (Lipinski definition) is 2. The number of halogens is 1. The molecule has 0 spiro atoms. The molecule has 3 aromatic carbocycles. The smallest absolute Gasteiger partial charge is 0.253 e. The van der Waals surface area contributed by atoms with E-state index in [4.69, 9.17) is 0 Å². The summed E-state index contributed by atoms with van der Waals surface area (Å²) in [6, 6.07) is 20.9. The lowest BCUT2D eigenvalue weighted by Gasteiger charge is -2.34. The molecule has 1 unspecified atom stereocenters. The molecule has 0 aromatic heterocycles. The number of carbonyl (C=O) groups excluding carboxylic acids is 1. The molecule has 1 saturated heterocycles. The third-order valence-corrected chi connectivity index (χ3v) is 6.11. The van der Waals surface area contributed by atoms with Gasteiger partial charge in [0.05, 0.1) is 0 Å². The summed E-state index contributed by atoms with van der Waals surface area (Å²) >= 11 is 0. The van der Waals surface area contributed by atoms with E-state index in [-0.39, 0.29) is 11.7 Å². The lowest BCUT2D eigenvalue weighted by molar-refractivity contribution is 0.0730. The van der Waals surface area contributed by atoms with E-state index < -0.39 is 0 Å². The minimum absolute atomic E-state index is 0.0872. The van der Waals surface area contributed by atoms with E-state index in [1.165, 1.54) is 17.7 Å². The zero-order valence-corrected chi connectivity index (χ0v) is 17.6. The van der Waals surface area contributed by atoms with Gasteiger partial charge in [-0.1, -0.05) is 42.5 Å². The van der Waals surface area contributed by atoms with E-state index >= 15 is 0 Å². The summed E-state index contributed by atoms with van der Waals surface area (Å²) in [5, 5.41) is 2.25. The first-order valence-corrected chi connectivity index (χ1v) is 10.8. The summed E-state index contributed by atoms with van der Waals surface area (Å²) in [4.78, 5) is 17.3. The third-order valence-electron chi connectivity index (χ3n) is 6.11. The van der Waals surface area contributed by atoms with E-state index in [1.54, 1.807) is 0 Å². The number of fused-ring (bicyclic) bond motifs is 1. The summed E-state index contributed by atoms with van der Waals surface area (Å²) in [5.74, 6) is 0.390. The van der Waals surface area contributed by atoms with Crippen molar-refractivity contribution >= 4 is 16.7 Å². The van der Waals surface area contributed by atoms with Crippen LogP contribution in [-0.2, 0) is 6.42 Å². The fourth-order valence-corrected chi connectivity index (χ4v) is 4.45. The maximum atomic E-state index is 13.1. The van der Waals surface area contributed by atoms with Gasteiger partial charge in [0.2, 0.25) is 0 Å². The number of nitrogens with zero attached hydrogens (tertiary/aromatic N) is 2. The van der Waals surface area contributed by atoms with Gasteiger partial charge in [-0.25, -0.2) is 4.39 Å². The average Bonchev–Trinajstić information content (AvgIpc) is 2.78. The van der Waals surface area contributed by atoms with Crippen molar-refractivity contribution in [2.24, 2.45) is 5.92 Å². The molecule has 0 N–H and O–H groups in total. The minimum atomic E-state index is -0.184. The van der Waals surface area contributed by atoms with Crippen molar-refractivity contribution in [3.63, 3.8) is 0 Å². The molecule has 1 aliphatic rings. The summed E-state index contributed by atoms with van der Waals surface area (Å²) in [7, 11) is 1.91. The summed E-state index contributed by atoms with van der Waals surface area (Å²) in [6.07, 6.45) is 3.24. The Kier molecular flexibility index (Phi) is 6.44. The van der Waals surface area contributed by atoms with Crippen LogP contribution in [0.25, 0.3) is 10.8 Å². The highest BCUT2D eigenvalue weighted by atomic mass is 19.1. The fraction of sp³-hybridized carbons (Fsp3) is 0.346. The van der Waals surface area contributed by atoms with Gasteiger partial charge in [0.15, 0.2) is 0 Å². The molecule has 1 amide bonds. The van der Waals surface area contributed by atoms with Gasteiger partial charge in [0.1, 0.15) is 5.82 Å². The summed E-state index contributed by atoms with van der Waals surface area (Å²) < 4.78 is 13.1. The highest BCUT2D eigenvalue weighted by molar-refractivity contribution is 5.98. The van der Waals surface area contributed by atoms with Crippen molar-refractivity contribution in [1.29, 1.82) is 0 Å². The van der Waals surface area contributed by atoms with Gasteiger partial charge >= 0.3 is 0 Å². The molecule has 1 heterocycles. The van der Waals surface area contributed by atoms with Crippen LogP contribution in [0.15, 0.2) is 66.7 Å². The summed E-state index contributed by atoms with van der Waals surface area (Å²) in [5.41, 5.74) is 1.92. The quantitative estimate of drug-likeness (QED) is 0.577. The molecule has 0 aliphatic carbocycles. The molecule has 4 rings (SSSR count). The predicted molar refractivity (Wildman–Crippen MR) is 120 cm³/mol. The molecule has 30 heavy (non-hydrogen) atoms.